The molecule has 118 valence electrons. The summed E-state index contributed by atoms with van der Waals surface area (Å²) in [5.41, 5.74) is 3.79. The Morgan fingerprint density at radius 1 is 1.30 bits per heavy atom. The van der Waals surface area contributed by atoms with Crippen LogP contribution < -0.4 is 5.43 Å². The Balaban J connectivity index is 1.53. The standard InChI is InChI=1S/C14H11Cl2N5OS/c15-11-4-3-9(6-12(11)16)8-23-14-18-13(20-21-14)19-17-7-10-2-1-5-22-10/h1-7H,8H2,(H2,18,19,20,21)/b17-7-. The third-order valence-corrected chi connectivity index (χ3v) is 4.38. The number of aromatic amines is 1. The van der Waals surface area contributed by atoms with Gasteiger partial charge in [0, 0.05) is 5.75 Å². The van der Waals surface area contributed by atoms with E-state index < -0.39 is 0 Å². The smallest absolute Gasteiger partial charge is 0.240 e. The maximum absolute atomic E-state index is 5.99. The van der Waals surface area contributed by atoms with Gasteiger partial charge in [-0.2, -0.15) is 10.1 Å². The second-order valence-electron chi connectivity index (χ2n) is 4.39. The van der Waals surface area contributed by atoms with Gasteiger partial charge in [-0.1, -0.05) is 41.0 Å². The van der Waals surface area contributed by atoms with Crippen LogP contribution in [0.4, 0.5) is 5.95 Å². The summed E-state index contributed by atoms with van der Waals surface area (Å²) >= 11 is 13.4. The zero-order valence-corrected chi connectivity index (χ0v) is 14.0. The van der Waals surface area contributed by atoms with Gasteiger partial charge in [0.15, 0.2) is 0 Å². The molecule has 2 heterocycles. The van der Waals surface area contributed by atoms with Gasteiger partial charge >= 0.3 is 0 Å². The molecule has 0 fully saturated rings. The highest BCUT2D eigenvalue weighted by Gasteiger charge is 2.05. The van der Waals surface area contributed by atoms with Gasteiger partial charge in [0.25, 0.3) is 0 Å². The first-order valence-corrected chi connectivity index (χ1v) is 8.26. The number of benzene rings is 1. The first kappa shape index (κ1) is 15.9. The molecule has 3 aromatic rings. The van der Waals surface area contributed by atoms with Gasteiger partial charge in [0.1, 0.15) is 5.76 Å². The van der Waals surface area contributed by atoms with Crippen molar-refractivity contribution in [3.05, 3.63) is 58.0 Å². The average Bonchev–Trinajstić information content (AvgIpc) is 3.20. The molecule has 2 aromatic heterocycles. The third kappa shape index (κ3) is 4.51. The molecule has 0 radical (unpaired) electrons. The summed E-state index contributed by atoms with van der Waals surface area (Å²) in [7, 11) is 0. The fourth-order valence-electron chi connectivity index (χ4n) is 1.66. The van der Waals surface area contributed by atoms with E-state index >= 15 is 0 Å². The van der Waals surface area contributed by atoms with Crippen LogP contribution in [0.15, 0.2) is 51.3 Å². The fraction of sp³-hybridized carbons (Fsp3) is 0.0714. The fourth-order valence-corrected chi connectivity index (χ4v) is 2.72. The van der Waals surface area contributed by atoms with Crippen molar-refractivity contribution in [2.75, 3.05) is 5.43 Å². The van der Waals surface area contributed by atoms with Crippen molar-refractivity contribution >= 4 is 47.1 Å². The second-order valence-corrected chi connectivity index (χ2v) is 6.15. The van der Waals surface area contributed by atoms with Crippen molar-refractivity contribution in [1.29, 1.82) is 0 Å². The lowest BCUT2D eigenvalue weighted by Crippen LogP contribution is -1.91. The Labute approximate surface area is 146 Å². The van der Waals surface area contributed by atoms with E-state index in [0.29, 0.717) is 32.7 Å². The predicted molar refractivity (Wildman–Crippen MR) is 92.3 cm³/mol. The Bertz CT molecular complexity index is 803. The van der Waals surface area contributed by atoms with Gasteiger partial charge in [0.05, 0.1) is 22.5 Å². The molecule has 9 heteroatoms. The quantitative estimate of drug-likeness (QED) is 0.382. The molecule has 0 unspecified atom stereocenters. The molecule has 3 rings (SSSR count). The second kappa shape index (κ2) is 7.54. The molecule has 0 amide bonds. The number of H-pyrrole nitrogens is 1. The summed E-state index contributed by atoms with van der Waals surface area (Å²) in [6, 6.07) is 9.10. The topological polar surface area (TPSA) is 79.1 Å². The molecule has 0 aliphatic heterocycles. The lowest BCUT2D eigenvalue weighted by atomic mass is 10.2. The normalized spacial score (nSPS) is 11.2. The van der Waals surface area contributed by atoms with Crippen LogP contribution in [0.1, 0.15) is 11.3 Å². The maximum Gasteiger partial charge on any atom is 0.240 e. The van der Waals surface area contributed by atoms with Gasteiger partial charge in [0.2, 0.25) is 11.1 Å². The van der Waals surface area contributed by atoms with Crippen molar-refractivity contribution in [2.24, 2.45) is 5.10 Å². The minimum atomic E-state index is 0.449. The average molecular weight is 368 g/mol. The van der Waals surface area contributed by atoms with Crippen LogP contribution in [0.25, 0.3) is 0 Å². The van der Waals surface area contributed by atoms with Crippen LogP contribution in [-0.4, -0.2) is 21.4 Å². The summed E-state index contributed by atoms with van der Waals surface area (Å²) in [5, 5.41) is 12.5. The van der Waals surface area contributed by atoms with E-state index in [2.05, 4.69) is 25.7 Å². The number of hydrogen-bond donors (Lipinski definition) is 2. The predicted octanol–water partition coefficient (Wildman–Crippen LogP) is 4.44. The first-order valence-electron chi connectivity index (χ1n) is 6.52. The molecule has 6 nitrogen and oxygen atoms in total. The number of thioether (sulfide) groups is 1. The summed E-state index contributed by atoms with van der Waals surface area (Å²) in [4.78, 5) is 4.27. The number of aromatic nitrogens is 3. The van der Waals surface area contributed by atoms with Gasteiger partial charge < -0.3 is 4.42 Å². The Morgan fingerprint density at radius 3 is 3.00 bits per heavy atom. The van der Waals surface area contributed by atoms with Crippen molar-refractivity contribution in [3.63, 3.8) is 0 Å². The van der Waals surface area contributed by atoms with Crippen LogP contribution in [0.3, 0.4) is 0 Å². The van der Waals surface area contributed by atoms with Crippen molar-refractivity contribution in [1.82, 2.24) is 15.2 Å². The highest BCUT2D eigenvalue weighted by Crippen LogP contribution is 2.26. The number of furan rings is 1. The molecule has 0 aliphatic carbocycles. The molecule has 23 heavy (non-hydrogen) atoms. The molecule has 2 N–H and O–H groups in total. The zero-order chi connectivity index (χ0) is 16.1. The number of rotatable bonds is 6. The van der Waals surface area contributed by atoms with Crippen LogP contribution >= 0.6 is 35.0 Å². The van der Waals surface area contributed by atoms with E-state index in [0.717, 1.165) is 5.56 Å². The van der Waals surface area contributed by atoms with Gasteiger partial charge in [-0.15, -0.1) is 5.10 Å². The molecule has 0 saturated carbocycles. The van der Waals surface area contributed by atoms with E-state index in [1.54, 1.807) is 30.7 Å². The number of hydrazone groups is 1. The minimum absolute atomic E-state index is 0.449. The molecule has 0 saturated heterocycles. The molecule has 0 bridgehead atoms. The zero-order valence-electron chi connectivity index (χ0n) is 11.7. The Kier molecular flexibility index (Phi) is 5.22. The minimum Gasteiger partial charge on any atom is -0.463 e. The summed E-state index contributed by atoms with van der Waals surface area (Å²) in [6.07, 6.45) is 3.12. The molecule has 1 aromatic carbocycles. The number of hydrogen-bond acceptors (Lipinski definition) is 6. The highest BCUT2D eigenvalue weighted by molar-refractivity contribution is 7.98. The SMILES string of the molecule is Clc1ccc(CSc2n[nH]c(N/N=C\c3ccco3)n2)cc1Cl. The van der Waals surface area contributed by atoms with E-state index in [1.165, 1.54) is 11.8 Å². The molecular weight excluding hydrogens is 357 g/mol. The summed E-state index contributed by atoms with van der Waals surface area (Å²) in [6.45, 7) is 0. The lowest BCUT2D eigenvalue weighted by Gasteiger charge is -2.00. The van der Waals surface area contributed by atoms with Crippen molar-refractivity contribution in [2.45, 2.75) is 10.9 Å². The van der Waals surface area contributed by atoms with Crippen LogP contribution in [0, 0.1) is 0 Å². The number of halogens is 2. The molecule has 0 aliphatic rings. The van der Waals surface area contributed by atoms with E-state index in [9.17, 15) is 0 Å². The van der Waals surface area contributed by atoms with E-state index in [1.807, 2.05) is 12.1 Å². The highest BCUT2D eigenvalue weighted by atomic mass is 35.5. The van der Waals surface area contributed by atoms with E-state index in [4.69, 9.17) is 27.6 Å². The monoisotopic (exact) mass is 367 g/mol. The van der Waals surface area contributed by atoms with Gasteiger partial charge in [-0.3, -0.25) is 0 Å². The van der Waals surface area contributed by atoms with Gasteiger partial charge in [-0.05, 0) is 29.8 Å². The van der Waals surface area contributed by atoms with Crippen LogP contribution in [-0.2, 0) is 5.75 Å². The number of nitrogens with one attached hydrogen (secondary N) is 2. The Morgan fingerprint density at radius 2 is 2.22 bits per heavy atom. The van der Waals surface area contributed by atoms with Gasteiger partial charge in [-0.25, -0.2) is 10.5 Å². The van der Waals surface area contributed by atoms with Crippen molar-refractivity contribution in [3.8, 4) is 0 Å². The maximum atomic E-state index is 5.99. The summed E-state index contributed by atoms with van der Waals surface area (Å²) in [5.74, 6) is 1.78. The third-order valence-electron chi connectivity index (χ3n) is 2.72. The van der Waals surface area contributed by atoms with Crippen LogP contribution in [0.5, 0.6) is 0 Å². The lowest BCUT2D eigenvalue weighted by molar-refractivity contribution is 0.560. The Hall–Kier alpha value is -1.96. The first-order chi connectivity index (χ1) is 11.2. The largest absolute Gasteiger partial charge is 0.463 e. The number of nitrogens with zero attached hydrogens (tertiary/aromatic N) is 3. The van der Waals surface area contributed by atoms with Crippen molar-refractivity contribution < 1.29 is 4.42 Å². The molecule has 0 atom stereocenters. The summed E-state index contributed by atoms with van der Waals surface area (Å²) < 4.78 is 5.12. The molecular formula is C14H11Cl2N5OS. The van der Waals surface area contributed by atoms with E-state index in [-0.39, 0.29) is 0 Å². The van der Waals surface area contributed by atoms with Crippen LogP contribution in [0.2, 0.25) is 10.0 Å². The number of anilines is 1. The molecule has 0 spiro atoms.